The lowest BCUT2D eigenvalue weighted by atomic mass is 10.1. The first-order valence-electron chi connectivity index (χ1n) is 9.16. The van der Waals surface area contributed by atoms with Crippen LogP contribution in [-0.4, -0.2) is 45.3 Å². The van der Waals surface area contributed by atoms with Crippen molar-refractivity contribution >= 4 is 17.4 Å². The highest BCUT2D eigenvalue weighted by molar-refractivity contribution is 5.81. The maximum Gasteiger partial charge on any atom is 0.262 e. The van der Waals surface area contributed by atoms with Crippen molar-refractivity contribution < 1.29 is 19.0 Å². The number of benzene rings is 1. The van der Waals surface area contributed by atoms with E-state index in [-0.39, 0.29) is 18.5 Å². The number of hydrogen-bond donors (Lipinski definition) is 4. The van der Waals surface area contributed by atoms with Gasteiger partial charge in [-0.05, 0) is 31.2 Å². The fourth-order valence-corrected chi connectivity index (χ4v) is 3.26. The summed E-state index contributed by atoms with van der Waals surface area (Å²) in [6.45, 7) is 1.85. The van der Waals surface area contributed by atoms with Crippen LogP contribution < -0.4 is 20.7 Å². The van der Waals surface area contributed by atoms with Gasteiger partial charge in [-0.25, -0.2) is 13.9 Å². The van der Waals surface area contributed by atoms with Crippen LogP contribution in [0, 0.1) is 5.82 Å². The molecular formula is C19H21FN6O3. The van der Waals surface area contributed by atoms with Gasteiger partial charge in [0.2, 0.25) is 0 Å². The Balaban J connectivity index is 1.81. The number of aromatic nitrogens is 3. The van der Waals surface area contributed by atoms with Gasteiger partial charge in [0.1, 0.15) is 23.6 Å². The molecule has 0 spiro atoms. The van der Waals surface area contributed by atoms with E-state index in [9.17, 15) is 14.3 Å². The Morgan fingerprint density at radius 3 is 3.00 bits per heavy atom. The van der Waals surface area contributed by atoms with Crippen LogP contribution in [0.5, 0.6) is 5.75 Å². The number of nitrogens with one attached hydrogen (secondary N) is 3. The molecule has 1 aliphatic heterocycles. The SMILES string of the molecule is CNC(=O)[C@H]1CNC(O)c2cnn3ccc(nc23)N[C@H](C)c2cc(F)ccc2O1. The Morgan fingerprint density at radius 2 is 2.21 bits per heavy atom. The molecule has 1 amide bonds. The number of carbonyl (C=O) groups excluding carboxylic acids is 1. The standard InChI is InChI=1S/C19H21FN6O3/c1-10-12-7-11(20)3-4-14(12)29-15(19(28)21-2)9-22-18(27)13-8-23-26-6-5-16(24-10)25-17(13)26/h3-8,10,15,18,22,27H,9H2,1-2H3,(H,21,28)(H,24,25)/t10-,15-,18?/m1/s1. The predicted molar refractivity (Wildman–Crippen MR) is 103 cm³/mol. The smallest absolute Gasteiger partial charge is 0.262 e. The molecule has 4 rings (SSSR count). The van der Waals surface area contributed by atoms with Gasteiger partial charge < -0.3 is 20.5 Å². The van der Waals surface area contributed by atoms with Crippen molar-refractivity contribution in [1.29, 1.82) is 0 Å². The van der Waals surface area contributed by atoms with E-state index < -0.39 is 18.1 Å². The van der Waals surface area contributed by atoms with Crippen molar-refractivity contribution in [3.8, 4) is 5.75 Å². The molecule has 1 aliphatic rings. The van der Waals surface area contributed by atoms with E-state index in [4.69, 9.17) is 4.74 Å². The maximum absolute atomic E-state index is 13.9. The lowest BCUT2D eigenvalue weighted by molar-refractivity contribution is -0.127. The fraction of sp³-hybridized carbons (Fsp3) is 0.316. The Bertz CT molecular complexity index is 1060. The minimum absolute atomic E-state index is 0.0104. The largest absolute Gasteiger partial charge is 0.479 e. The molecule has 3 atom stereocenters. The summed E-state index contributed by atoms with van der Waals surface area (Å²) >= 11 is 0. The Kier molecular flexibility index (Phi) is 5.03. The summed E-state index contributed by atoms with van der Waals surface area (Å²) in [6.07, 6.45) is 1.15. The second-order valence-electron chi connectivity index (χ2n) is 6.76. The summed E-state index contributed by atoms with van der Waals surface area (Å²) < 4.78 is 21.4. The van der Waals surface area contributed by atoms with Gasteiger partial charge in [-0.15, -0.1) is 0 Å². The molecule has 0 aliphatic carbocycles. The van der Waals surface area contributed by atoms with Gasteiger partial charge in [0.05, 0.1) is 17.8 Å². The van der Waals surface area contributed by atoms with Gasteiger partial charge in [-0.1, -0.05) is 0 Å². The van der Waals surface area contributed by atoms with Crippen LogP contribution in [0.4, 0.5) is 10.2 Å². The van der Waals surface area contributed by atoms with Gasteiger partial charge in [0, 0.05) is 25.4 Å². The van der Waals surface area contributed by atoms with Crippen molar-refractivity contribution in [2.24, 2.45) is 0 Å². The highest BCUT2D eigenvalue weighted by atomic mass is 19.1. The van der Waals surface area contributed by atoms with Gasteiger partial charge in [-0.3, -0.25) is 10.1 Å². The highest BCUT2D eigenvalue weighted by Gasteiger charge is 2.25. The number of ether oxygens (including phenoxy) is 1. The lowest BCUT2D eigenvalue weighted by Gasteiger charge is -2.23. The second-order valence-corrected chi connectivity index (χ2v) is 6.76. The number of nitrogens with zero attached hydrogens (tertiary/aromatic N) is 3. The monoisotopic (exact) mass is 400 g/mol. The molecule has 29 heavy (non-hydrogen) atoms. The third kappa shape index (κ3) is 3.71. The molecule has 3 heterocycles. The average molecular weight is 400 g/mol. The molecule has 10 heteroatoms. The van der Waals surface area contributed by atoms with E-state index in [1.54, 1.807) is 12.3 Å². The molecule has 3 aromatic rings. The van der Waals surface area contributed by atoms with Crippen molar-refractivity contribution in [2.45, 2.75) is 25.3 Å². The second kappa shape index (κ2) is 7.64. The number of aliphatic hydroxyl groups excluding tert-OH is 1. The molecule has 0 fully saturated rings. The first kappa shape index (κ1) is 19.1. The number of rotatable bonds is 1. The highest BCUT2D eigenvalue weighted by Crippen LogP contribution is 2.30. The molecule has 9 nitrogen and oxygen atoms in total. The number of halogens is 1. The number of anilines is 1. The Labute approximate surface area is 165 Å². The van der Waals surface area contributed by atoms with Crippen LogP contribution in [0.15, 0.2) is 36.7 Å². The number of fused-ring (bicyclic) bond motifs is 2. The normalized spacial score (nSPS) is 21.9. The van der Waals surface area contributed by atoms with Crippen LogP contribution in [0.3, 0.4) is 0 Å². The van der Waals surface area contributed by atoms with Crippen LogP contribution >= 0.6 is 0 Å². The van der Waals surface area contributed by atoms with Crippen LogP contribution in [0.1, 0.15) is 30.3 Å². The summed E-state index contributed by atoms with van der Waals surface area (Å²) in [5, 5.41) is 23.4. The van der Waals surface area contributed by atoms with Crippen molar-refractivity contribution in [3.05, 3.63) is 53.6 Å². The zero-order chi connectivity index (χ0) is 20.5. The fourth-order valence-electron chi connectivity index (χ4n) is 3.26. The van der Waals surface area contributed by atoms with Crippen molar-refractivity contribution in [1.82, 2.24) is 25.2 Å². The van der Waals surface area contributed by atoms with E-state index in [1.807, 2.05) is 6.92 Å². The predicted octanol–water partition coefficient (Wildman–Crippen LogP) is 1.13. The molecule has 0 saturated heterocycles. The summed E-state index contributed by atoms with van der Waals surface area (Å²) in [5.41, 5.74) is 1.45. The van der Waals surface area contributed by atoms with E-state index in [0.717, 1.165) is 0 Å². The van der Waals surface area contributed by atoms with Gasteiger partial charge in [0.15, 0.2) is 11.8 Å². The third-order valence-corrected chi connectivity index (χ3v) is 4.80. The summed E-state index contributed by atoms with van der Waals surface area (Å²) in [4.78, 5) is 16.9. The lowest BCUT2D eigenvalue weighted by Crippen LogP contribution is -2.44. The minimum atomic E-state index is -1.11. The maximum atomic E-state index is 13.9. The molecule has 152 valence electrons. The summed E-state index contributed by atoms with van der Waals surface area (Å²) in [6, 6.07) is 5.48. The molecule has 1 aromatic carbocycles. The first-order valence-corrected chi connectivity index (χ1v) is 9.16. The number of hydrogen-bond acceptors (Lipinski definition) is 7. The molecule has 0 saturated carbocycles. The van der Waals surface area contributed by atoms with Crippen LogP contribution in [-0.2, 0) is 4.79 Å². The zero-order valence-electron chi connectivity index (χ0n) is 15.9. The number of amides is 1. The molecule has 2 bridgehead atoms. The van der Waals surface area contributed by atoms with Crippen molar-refractivity contribution in [2.75, 3.05) is 18.9 Å². The Morgan fingerprint density at radius 1 is 1.38 bits per heavy atom. The molecule has 0 radical (unpaired) electrons. The van der Waals surface area contributed by atoms with E-state index >= 15 is 0 Å². The molecule has 2 aromatic heterocycles. The molecular weight excluding hydrogens is 379 g/mol. The quantitative estimate of drug-likeness (QED) is 0.484. The van der Waals surface area contributed by atoms with Crippen LogP contribution in [0.2, 0.25) is 0 Å². The Hall–Kier alpha value is -3.24. The van der Waals surface area contributed by atoms with Gasteiger partial charge in [-0.2, -0.15) is 5.10 Å². The zero-order valence-corrected chi connectivity index (χ0v) is 15.9. The minimum Gasteiger partial charge on any atom is -0.479 e. The van der Waals surface area contributed by atoms with Crippen molar-refractivity contribution in [3.63, 3.8) is 0 Å². The first-order chi connectivity index (χ1) is 14.0. The van der Waals surface area contributed by atoms with E-state index in [1.165, 1.54) is 36.0 Å². The number of carbonyl (C=O) groups is 1. The van der Waals surface area contributed by atoms with Gasteiger partial charge >= 0.3 is 0 Å². The molecule has 1 unspecified atom stereocenters. The summed E-state index contributed by atoms with van der Waals surface area (Å²) in [7, 11) is 1.50. The molecule has 4 N–H and O–H groups in total. The van der Waals surface area contributed by atoms with E-state index in [2.05, 4.69) is 26.0 Å². The number of likely N-dealkylation sites (N-methyl/N-ethyl adjacent to an activating group) is 1. The average Bonchev–Trinajstić information content (AvgIpc) is 3.14. The van der Waals surface area contributed by atoms with Crippen LogP contribution in [0.25, 0.3) is 5.65 Å². The van der Waals surface area contributed by atoms with Gasteiger partial charge in [0.25, 0.3) is 5.91 Å². The topological polar surface area (TPSA) is 113 Å². The summed E-state index contributed by atoms with van der Waals surface area (Å²) in [5.74, 6) is 0.0852. The third-order valence-electron chi connectivity index (χ3n) is 4.80. The van der Waals surface area contributed by atoms with E-state index in [0.29, 0.717) is 28.3 Å². The number of aliphatic hydroxyl groups is 1.